The van der Waals surface area contributed by atoms with Crippen molar-refractivity contribution in [2.24, 2.45) is 0 Å². The fourth-order valence-corrected chi connectivity index (χ4v) is 4.94. The minimum absolute atomic E-state index is 0.0119. The van der Waals surface area contributed by atoms with E-state index in [1.54, 1.807) is 12.2 Å². The smallest absolute Gasteiger partial charge is 0.337 e. The molecule has 4 atom stereocenters. The third kappa shape index (κ3) is 4.32. The molecule has 0 aromatic heterocycles. The summed E-state index contributed by atoms with van der Waals surface area (Å²) in [5.41, 5.74) is 0.527. The molecule has 10 nitrogen and oxygen atoms in total. The summed E-state index contributed by atoms with van der Waals surface area (Å²) < 4.78 is 21.5. The molecule has 35 heavy (non-hydrogen) atoms. The first-order valence-electron chi connectivity index (χ1n) is 11.5. The first-order chi connectivity index (χ1) is 16.7. The van der Waals surface area contributed by atoms with Gasteiger partial charge in [0.05, 0.1) is 44.6 Å². The Hall–Kier alpha value is -3.24. The predicted octanol–water partition coefficient (Wildman–Crippen LogP) is 0.783. The van der Waals surface area contributed by atoms with Crippen molar-refractivity contribution in [1.29, 1.82) is 0 Å². The molecular formula is C25H30N2O8. The number of carbonyl (C=O) groups excluding carboxylic acids is 4. The zero-order chi connectivity index (χ0) is 25.4. The fraction of sp³-hybridized carbons (Fsp3) is 0.520. The molecule has 10 heteroatoms. The third-order valence-corrected chi connectivity index (χ3v) is 7.08. The van der Waals surface area contributed by atoms with Gasteiger partial charge in [-0.1, -0.05) is 12.2 Å². The average molecular weight is 487 g/mol. The number of methoxy groups -OCH3 is 2. The van der Waals surface area contributed by atoms with Crippen LogP contribution >= 0.6 is 0 Å². The number of ether oxygens (including phenoxy) is 4. The molecular weight excluding hydrogens is 456 g/mol. The van der Waals surface area contributed by atoms with Crippen LogP contribution in [-0.2, 0) is 38.1 Å². The van der Waals surface area contributed by atoms with E-state index in [1.165, 1.54) is 19.8 Å². The molecule has 0 radical (unpaired) electrons. The quantitative estimate of drug-likeness (QED) is 0.342. The maximum Gasteiger partial charge on any atom is 0.337 e. The highest BCUT2D eigenvalue weighted by Crippen LogP contribution is 2.44. The van der Waals surface area contributed by atoms with Crippen LogP contribution < -0.4 is 10.6 Å². The lowest BCUT2D eigenvalue weighted by Gasteiger charge is -2.26. The van der Waals surface area contributed by atoms with Crippen molar-refractivity contribution in [2.75, 3.05) is 27.3 Å². The molecule has 0 aromatic rings. The molecule has 4 aliphatic rings. The van der Waals surface area contributed by atoms with Gasteiger partial charge in [-0.2, -0.15) is 0 Å². The van der Waals surface area contributed by atoms with Gasteiger partial charge in [-0.15, -0.1) is 0 Å². The first-order valence-corrected chi connectivity index (χ1v) is 11.5. The number of amides is 2. The maximum atomic E-state index is 12.4. The molecule has 4 bridgehead atoms. The molecule has 0 aliphatic carbocycles. The monoisotopic (exact) mass is 486 g/mol. The van der Waals surface area contributed by atoms with Crippen molar-refractivity contribution in [3.8, 4) is 0 Å². The zero-order valence-corrected chi connectivity index (χ0v) is 20.3. The lowest BCUT2D eigenvalue weighted by Crippen LogP contribution is -2.44. The van der Waals surface area contributed by atoms with Gasteiger partial charge in [0, 0.05) is 12.8 Å². The molecule has 2 amide bonds. The Labute approximate surface area is 203 Å². The van der Waals surface area contributed by atoms with E-state index in [0.29, 0.717) is 13.0 Å². The van der Waals surface area contributed by atoms with E-state index in [4.69, 9.17) is 18.9 Å². The maximum absolute atomic E-state index is 12.4. The van der Waals surface area contributed by atoms with E-state index in [2.05, 4.69) is 10.6 Å². The van der Waals surface area contributed by atoms with Gasteiger partial charge in [-0.3, -0.25) is 9.59 Å². The Morgan fingerprint density at radius 2 is 1.40 bits per heavy atom. The van der Waals surface area contributed by atoms with E-state index < -0.39 is 29.2 Å². The van der Waals surface area contributed by atoms with Crippen LogP contribution in [-0.4, -0.2) is 74.5 Å². The van der Waals surface area contributed by atoms with Crippen molar-refractivity contribution in [1.82, 2.24) is 10.6 Å². The van der Waals surface area contributed by atoms with E-state index in [0.717, 1.165) is 5.57 Å². The van der Waals surface area contributed by atoms with Crippen LogP contribution in [0.25, 0.3) is 0 Å². The predicted molar refractivity (Wildman–Crippen MR) is 123 cm³/mol. The van der Waals surface area contributed by atoms with Gasteiger partial charge < -0.3 is 29.6 Å². The average Bonchev–Trinajstić information content (AvgIpc) is 3.60. The van der Waals surface area contributed by atoms with Gasteiger partial charge in [0.2, 0.25) is 11.8 Å². The van der Waals surface area contributed by atoms with Gasteiger partial charge in [0.15, 0.2) is 0 Å². The van der Waals surface area contributed by atoms with Crippen molar-refractivity contribution < 1.29 is 38.1 Å². The molecule has 2 N–H and O–H groups in total. The highest BCUT2D eigenvalue weighted by molar-refractivity contribution is 6.05. The number of rotatable bonds is 10. The second kappa shape index (κ2) is 9.43. The van der Waals surface area contributed by atoms with E-state index in [9.17, 15) is 19.2 Å². The summed E-state index contributed by atoms with van der Waals surface area (Å²) in [5.74, 6) is -1.89. The standard InChI is InChI=1S/C25H30N2O8/c1-14-15(2)24(10-8-16(14)34-24)12-26-18(28)6-5-7-19(29)27-13-25-11-9-17(35-25)20(22(30)32-3)21(25)23(31)33-4/h8-11,16-17H,5-7,12-13H2,1-4H3,(H,26,28)(H,27,29). The van der Waals surface area contributed by atoms with Gasteiger partial charge in [-0.25, -0.2) is 9.59 Å². The summed E-state index contributed by atoms with van der Waals surface area (Å²) in [4.78, 5) is 49.4. The molecule has 0 fully saturated rings. The first kappa shape index (κ1) is 24.9. The summed E-state index contributed by atoms with van der Waals surface area (Å²) in [6.45, 7) is 4.34. The van der Waals surface area contributed by atoms with E-state index >= 15 is 0 Å². The molecule has 0 saturated heterocycles. The fourth-order valence-electron chi connectivity index (χ4n) is 4.94. The van der Waals surface area contributed by atoms with Crippen LogP contribution in [0.2, 0.25) is 0 Å². The summed E-state index contributed by atoms with van der Waals surface area (Å²) in [6.07, 6.45) is 7.15. The normalized spacial score (nSPS) is 29.7. The van der Waals surface area contributed by atoms with Gasteiger partial charge in [-0.05, 0) is 43.6 Å². The third-order valence-electron chi connectivity index (χ3n) is 7.08. The number of hydrogen-bond donors (Lipinski definition) is 2. The van der Waals surface area contributed by atoms with Crippen molar-refractivity contribution in [3.05, 3.63) is 46.6 Å². The molecule has 0 aromatic carbocycles. The minimum atomic E-state index is -1.30. The lowest BCUT2D eigenvalue weighted by molar-refractivity contribution is -0.139. The van der Waals surface area contributed by atoms with Crippen molar-refractivity contribution >= 4 is 23.8 Å². The Balaban J connectivity index is 1.25. The van der Waals surface area contributed by atoms with Crippen molar-refractivity contribution in [3.63, 3.8) is 0 Å². The van der Waals surface area contributed by atoms with Crippen LogP contribution in [0.5, 0.6) is 0 Å². The second-order valence-electron chi connectivity index (χ2n) is 9.06. The Morgan fingerprint density at radius 1 is 0.857 bits per heavy atom. The molecule has 4 aliphatic heterocycles. The molecule has 0 spiro atoms. The minimum Gasteiger partial charge on any atom is -0.466 e. The SMILES string of the molecule is COC(=O)C1=C(C(=O)OC)C2(CNC(=O)CCCC(=O)NCC34C=CC(O3)C(C)=C4C)C=CC1O2. The number of fused-ring (bicyclic) bond motifs is 4. The largest absolute Gasteiger partial charge is 0.466 e. The van der Waals surface area contributed by atoms with Crippen LogP contribution in [0.4, 0.5) is 0 Å². The lowest BCUT2D eigenvalue weighted by atomic mass is 9.86. The topological polar surface area (TPSA) is 129 Å². The second-order valence-corrected chi connectivity index (χ2v) is 9.06. The van der Waals surface area contributed by atoms with Crippen molar-refractivity contribution in [2.45, 2.75) is 56.5 Å². The van der Waals surface area contributed by atoms with Crippen LogP contribution in [0.1, 0.15) is 33.1 Å². The summed E-state index contributed by atoms with van der Waals surface area (Å²) >= 11 is 0. The molecule has 188 valence electrons. The van der Waals surface area contributed by atoms with Gasteiger partial charge in [0.1, 0.15) is 17.3 Å². The Bertz CT molecular complexity index is 1090. The Morgan fingerprint density at radius 3 is 1.97 bits per heavy atom. The number of carbonyl (C=O) groups is 4. The summed E-state index contributed by atoms with van der Waals surface area (Å²) in [6, 6.07) is 0. The molecule has 4 heterocycles. The summed E-state index contributed by atoms with van der Waals surface area (Å²) in [5, 5.41) is 5.63. The molecule has 0 saturated carbocycles. The Kier molecular flexibility index (Phi) is 6.70. The number of nitrogens with one attached hydrogen (secondary N) is 2. The molecule has 4 rings (SSSR count). The number of esters is 2. The highest BCUT2D eigenvalue weighted by atomic mass is 16.6. The van der Waals surface area contributed by atoms with E-state index in [-0.39, 0.29) is 48.5 Å². The highest BCUT2D eigenvalue weighted by Gasteiger charge is 2.54. The van der Waals surface area contributed by atoms with Crippen LogP contribution in [0.3, 0.4) is 0 Å². The van der Waals surface area contributed by atoms with Crippen LogP contribution in [0.15, 0.2) is 46.6 Å². The van der Waals surface area contributed by atoms with Crippen LogP contribution in [0, 0.1) is 0 Å². The van der Waals surface area contributed by atoms with E-state index in [1.807, 2.05) is 26.0 Å². The molecule has 4 unspecified atom stereocenters. The van der Waals surface area contributed by atoms with Gasteiger partial charge in [0.25, 0.3) is 0 Å². The number of hydrogen-bond acceptors (Lipinski definition) is 8. The zero-order valence-electron chi connectivity index (χ0n) is 20.3. The van der Waals surface area contributed by atoms with Gasteiger partial charge >= 0.3 is 11.9 Å². The summed E-state index contributed by atoms with van der Waals surface area (Å²) in [7, 11) is 2.42.